The van der Waals surface area contributed by atoms with Crippen LogP contribution in [0.3, 0.4) is 0 Å². The summed E-state index contributed by atoms with van der Waals surface area (Å²) in [6.45, 7) is 5.75. The molecule has 0 radical (unpaired) electrons. The van der Waals surface area contributed by atoms with Crippen molar-refractivity contribution in [3.05, 3.63) is 94.5 Å². The molecule has 158 valence electrons. The maximum atomic E-state index is 12.2. The summed E-state index contributed by atoms with van der Waals surface area (Å²) < 4.78 is 10.9. The van der Waals surface area contributed by atoms with Crippen molar-refractivity contribution < 1.29 is 19.1 Å². The number of carbonyl (C=O) groups excluding carboxylic acids is 2. The van der Waals surface area contributed by atoms with E-state index >= 15 is 0 Å². The molecule has 6 heteroatoms. The van der Waals surface area contributed by atoms with Crippen LogP contribution in [-0.4, -0.2) is 24.7 Å². The molecule has 0 saturated carbocycles. The third kappa shape index (κ3) is 6.54. The maximum Gasteiger partial charge on any atom is 0.343 e. The lowest BCUT2D eigenvalue weighted by atomic mass is 10.1. The number of hydrogen-bond donors (Lipinski definition) is 1. The van der Waals surface area contributed by atoms with Gasteiger partial charge in [0.15, 0.2) is 6.61 Å². The molecule has 0 spiro atoms. The van der Waals surface area contributed by atoms with Gasteiger partial charge >= 0.3 is 5.97 Å². The number of rotatable bonds is 7. The van der Waals surface area contributed by atoms with E-state index in [1.54, 1.807) is 36.4 Å². The molecule has 31 heavy (non-hydrogen) atoms. The Bertz CT molecular complexity index is 1090. The van der Waals surface area contributed by atoms with E-state index in [0.29, 0.717) is 17.1 Å². The van der Waals surface area contributed by atoms with Crippen molar-refractivity contribution in [3.8, 4) is 11.5 Å². The summed E-state index contributed by atoms with van der Waals surface area (Å²) >= 11 is 0. The molecule has 0 aliphatic heterocycles. The number of esters is 1. The molecule has 0 heterocycles. The lowest BCUT2D eigenvalue weighted by Crippen LogP contribution is -2.24. The van der Waals surface area contributed by atoms with Crippen molar-refractivity contribution in [1.29, 1.82) is 0 Å². The van der Waals surface area contributed by atoms with Crippen LogP contribution in [0.25, 0.3) is 0 Å². The lowest BCUT2D eigenvalue weighted by Gasteiger charge is -2.08. The number of ether oxygens (including phenoxy) is 2. The van der Waals surface area contributed by atoms with Gasteiger partial charge in [0.05, 0.1) is 11.8 Å². The van der Waals surface area contributed by atoms with E-state index in [2.05, 4.69) is 10.5 Å². The molecule has 0 aliphatic rings. The van der Waals surface area contributed by atoms with Crippen LogP contribution < -0.4 is 14.9 Å². The van der Waals surface area contributed by atoms with Crippen molar-refractivity contribution in [3.63, 3.8) is 0 Å². The standard InChI is InChI=1S/C25H24N2O4/c1-17-4-9-21(10-5-17)25(29)31-22-11-7-20(8-12-22)15-26-27-24(28)16-30-23-13-6-18(2)14-19(23)3/h4-15H,16H2,1-3H3,(H,27,28)/b26-15-. The number of aryl methyl sites for hydroxylation is 3. The minimum atomic E-state index is -0.419. The van der Waals surface area contributed by atoms with Crippen molar-refractivity contribution in [2.75, 3.05) is 6.61 Å². The Balaban J connectivity index is 1.47. The molecule has 6 nitrogen and oxygen atoms in total. The molecule has 0 saturated heterocycles. The molecule has 1 N–H and O–H groups in total. The first kappa shape index (κ1) is 21.8. The normalized spacial score (nSPS) is 10.7. The molecule has 0 fully saturated rings. The summed E-state index contributed by atoms with van der Waals surface area (Å²) in [5.74, 6) is 0.312. The number of hydrazone groups is 1. The zero-order valence-corrected chi connectivity index (χ0v) is 17.7. The van der Waals surface area contributed by atoms with Crippen LogP contribution in [0, 0.1) is 20.8 Å². The number of carbonyl (C=O) groups is 2. The Kier molecular flexibility index (Phi) is 7.17. The van der Waals surface area contributed by atoms with Crippen molar-refractivity contribution in [2.45, 2.75) is 20.8 Å². The number of hydrogen-bond acceptors (Lipinski definition) is 5. The van der Waals surface area contributed by atoms with E-state index < -0.39 is 5.97 Å². The second kappa shape index (κ2) is 10.2. The lowest BCUT2D eigenvalue weighted by molar-refractivity contribution is -0.123. The van der Waals surface area contributed by atoms with E-state index in [1.807, 2.05) is 51.1 Å². The Labute approximate surface area is 181 Å². The van der Waals surface area contributed by atoms with Gasteiger partial charge in [-0.3, -0.25) is 4.79 Å². The molecule has 1 amide bonds. The van der Waals surface area contributed by atoms with Gasteiger partial charge in [0.1, 0.15) is 11.5 Å². The molecule has 0 atom stereocenters. The van der Waals surface area contributed by atoms with E-state index in [9.17, 15) is 9.59 Å². The summed E-state index contributed by atoms with van der Waals surface area (Å²) in [7, 11) is 0. The van der Waals surface area contributed by atoms with E-state index in [-0.39, 0.29) is 12.5 Å². The number of nitrogens with zero attached hydrogens (tertiary/aromatic N) is 1. The average molecular weight is 416 g/mol. The highest BCUT2D eigenvalue weighted by Crippen LogP contribution is 2.18. The van der Waals surface area contributed by atoms with Crippen LogP contribution in [0.5, 0.6) is 11.5 Å². The number of nitrogens with one attached hydrogen (secondary N) is 1. The second-order valence-electron chi connectivity index (χ2n) is 7.18. The molecular formula is C25H24N2O4. The number of benzene rings is 3. The second-order valence-corrected chi connectivity index (χ2v) is 7.18. The largest absolute Gasteiger partial charge is 0.483 e. The van der Waals surface area contributed by atoms with E-state index in [0.717, 1.165) is 22.3 Å². The van der Waals surface area contributed by atoms with Crippen molar-refractivity contribution in [2.24, 2.45) is 5.10 Å². The molecule has 3 aromatic carbocycles. The fourth-order valence-electron chi connectivity index (χ4n) is 2.79. The fourth-order valence-corrected chi connectivity index (χ4v) is 2.79. The fraction of sp³-hybridized carbons (Fsp3) is 0.160. The molecule has 0 aliphatic carbocycles. The summed E-state index contributed by atoms with van der Waals surface area (Å²) in [6.07, 6.45) is 1.50. The van der Waals surface area contributed by atoms with Crippen LogP contribution in [-0.2, 0) is 4.79 Å². The third-order valence-electron chi connectivity index (χ3n) is 4.47. The predicted octanol–water partition coefficient (Wildman–Crippen LogP) is 4.36. The summed E-state index contributed by atoms with van der Waals surface area (Å²) in [5.41, 5.74) is 6.83. The highest BCUT2D eigenvalue weighted by molar-refractivity contribution is 5.91. The summed E-state index contributed by atoms with van der Waals surface area (Å²) in [6, 6.07) is 19.7. The predicted molar refractivity (Wildman–Crippen MR) is 120 cm³/mol. The van der Waals surface area contributed by atoms with Gasteiger partial charge in [-0.15, -0.1) is 0 Å². The molecule has 3 rings (SSSR count). The zero-order chi connectivity index (χ0) is 22.2. The van der Waals surface area contributed by atoms with Gasteiger partial charge in [-0.25, -0.2) is 10.2 Å². The van der Waals surface area contributed by atoms with E-state index in [4.69, 9.17) is 9.47 Å². The van der Waals surface area contributed by atoms with Crippen molar-refractivity contribution in [1.82, 2.24) is 5.43 Å². The minimum absolute atomic E-state index is 0.130. The monoisotopic (exact) mass is 416 g/mol. The highest BCUT2D eigenvalue weighted by Gasteiger charge is 2.08. The molecule has 0 bridgehead atoms. The summed E-state index contributed by atoms with van der Waals surface area (Å²) in [4.78, 5) is 24.1. The Hall–Kier alpha value is -3.93. The van der Waals surface area contributed by atoms with Gasteiger partial charge in [0.2, 0.25) is 0 Å². The topological polar surface area (TPSA) is 77.0 Å². The first-order chi connectivity index (χ1) is 14.9. The summed E-state index contributed by atoms with van der Waals surface area (Å²) in [5, 5.41) is 3.92. The smallest absolute Gasteiger partial charge is 0.343 e. The van der Waals surface area contributed by atoms with Gasteiger partial charge in [-0.1, -0.05) is 35.4 Å². The maximum absolute atomic E-state index is 12.2. The van der Waals surface area contributed by atoms with Gasteiger partial charge in [-0.2, -0.15) is 5.10 Å². The van der Waals surface area contributed by atoms with Crippen LogP contribution in [0.4, 0.5) is 0 Å². The van der Waals surface area contributed by atoms with Crippen LogP contribution in [0.15, 0.2) is 71.8 Å². The zero-order valence-electron chi connectivity index (χ0n) is 17.7. The Morgan fingerprint density at radius 3 is 2.26 bits per heavy atom. The number of amides is 1. The molecule has 0 unspecified atom stereocenters. The van der Waals surface area contributed by atoms with Crippen molar-refractivity contribution >= 4 is 18.1 Å². The Morgan fingerprint density at radius 2 is 1.58 bits per heavy atom. The van der Waals surface area contributed by atoms with E-state index in [1.165, 1.54) is 6.21 Å². The molecule has 0 aromatic heterocycles. The van der Waals surface area contributed by atoms with Gasteiger partial charge in [0.25, 0.3) is 5.91 Å². The first-order valence-corrected chi connectivity index (χ1v) is 9.81. The third-order valence-corrected chi connectivity index (χ3v) is 4.47. The average Bonchev–Trinajstić information content (AvgIpc) is 2.75. The van der Waals surface area contributed by atoms with Gasteiger partial charge in [0, 0.05) is 0 Å². The van der Waals surface area contributed by atoms with Crippen LogP contribution in [0.2, 0.25) is 0 Å². The van der Waals surface area contributed by atoms with Gasteiger partial charge in [-0.05, 0) is 74.4 Å². The molecule has 3 aromatic rings. The molecular weight excluding hydrogens is 392 g/mol. The van der Waals surface area contributed by atoms with Crippen LogP contribution >= 0.6 is 0 Å². The highest BCUT2D eigenvalue weighted by atomic mass is 16.5. The van der Waals surface area contributed by atoms with Crippen LogP contribution in [0.1, 0.15) is 32.6 Å². The minimum Gasteiger partial charge on any atom is -0.483 e. The quantitative estimate of drug-likeness (QED) is 0.269. The Morgan fingerprint density at radius 1 is 0.903 bits per heavy atom. The first-order valence-electron chi connectivity index (χ1n) is 9.81. The van der Waals surface area contributed by atoms with Gasteiger partial charge < -0.3 is 9.47 Å². The SMILES string of the molecule is Cc1ccc(C(=O)Oc2ccc(/C=N\NC(=O)COc3ccc(C)cc3C)cc2)cc1.